The highest BCUT2D eigenvalue weighted by atomic mass is 35.5. The molecule has 0 aromatic heterocycles. The van der Waals surface area contributed by atoms with E-state index in [1.54, 1.807) is 0 Å². The van der Waals surface area contributed by atoms with Crippen LogP contribution >= 0.6 is 12.4 Å². The molecule has 1 aliphatic rings. The Labute approximate surface area is 137 Å². The lowest BCUT2D eigenvalue weighted by Gasteiger charge is -2.35. The SMILES string of the molecule is Cc1ccc(C(=O)N2CCN(C(=O)CCCN)CC2)cc1.Cl. The third-order valence-electron chi connectivity index (χ3n) is 3.81. The molecular weight excluding hydrogens is 302 g/mol. The maximum atomic E-state index is 12.4. The van der Waals surface area contributed by atoms with Gasteiger partial charge < -0.3 is 15.5 Å². The fraction of sp³-hybridized carbons (Fsp3) is 0.500. The summed E-state index contributed by atoms with van der Waals surface area (Å²) in [7, 11) is 0. The molecule has 5 nitrogen and oxygen atoms in total. The van der Waals surface area contributed by atoms with E-state index >= 15 is 0 Å². The van der Waals surface area contributed by atoms with Gasteiger partial charge in [-0.3, -0.25) is 9.59 Å². The highest BCUT2D eigenvalue weighted by Gasteiger charge is 2.24. The van der Waals surface area contributed by atoms with Crippen molar-refractivity contribution in [1.82, 2.24) is 9.80 Å². The number of carbonyl (C=O) groups is 2. The summed E-state index contributed by atoms with van der Waals surface area (Å²) in [6, 6.07) is 7.60. The molecule has 1 aliphatic heterocycles. The Hall–Kier alpha value is -1.59. The van der Waals surface area contributed by atoms with E-state index in [9.17, 15) is 9.59 Å². The highest BCUT2D eigenvalue weighted by Crippen LogP contribution is 2.11. The lowest BCUT2D eigenvalue weighted by molar-refractivity contribution is -0.132. The normalized spacial score (nSPS) is 14.5. The van der Waals surface area contributed by atoms with E-state index in [0.29, 0.717) is 44.7 Å². The van der Waals surface area contributed by atoms with Gasteiger partial charge in [0.1, 0.15) is 0 Å². The zero-order chi connectivity index (χ0) is 15.2. The Balaban J connectivity index is 0.00000242. The zero-order valence-electron chi connectivity index (χ0n) is 13.0. The summed E-state index contributed by atoms with van der Waals surface area (Å²) in [5, 5.41) is 0. The summed E-state index contributed by atoms with van der Waals surface area (Å²) in [6.07, 6.45) is 1.23. The molecule has 122 valence electrons. The number of hydrogen-bond donors (Lipinski definition) is 1. The Kier molecular flexibility index (Phi) is 7.35. The molecule has 2 N–H and O–H groups in total. The van der Waals surface area contributed by atoms with Crippen molar-refractivity contribution in [2.75, 3.05) is 32.7 Å². The summed E-state index contributed by atoms with van der Waals surface area (Å²) in [6.45, 7) is 4.96. The van der Waals surface area contributed by atoms with Crippen LogP contribution in [0.4, 0.5) is 0 Å². The first-order valence-corrected chi connectivity index (χ1v) is 7.45. The number of benzene rings is 1. The predicted octanol–water partition coefficient (Wildman–Crippen LogP) is 1.44. The second kappa shape index (κ2) is 8.76. The molecule has 0 saturated carbocycles. The van der Waals surface area contributed by atoms with Gasteiger partial charge in [-0.15, -0.1) is 12.4 Å². The molecule has 22 heavy (non-hydrogen) atoms. The first-order chi connectivity index (χ1) is 10.1. The molecule has 1 aromatic carbocycles. The van der Waals surface area contributed by atoms with Crippen LogP contribution in [0.25, 0.3) is 0 Å². The van der Waals surface area contributed by atoms with Crippen LogP contribution in [0, 0.1) is 6.92 Å². The highest BCUT2D eigenvalue weighted by molar-refractivity contribution is 5.94. The topological polar surface area (TPSA) is 66.6 Å². The number of piperazine rings is 1. The van der Waals surface area contributed by atoms with E-state index in [2.05, 4.69) is 0 Å². The average Bonchev–Trinajstić information content (AvgIpc) is 2.53. The fourth-order valence-corrected chi connectivity index (χ4v) is 2.45. The van der Waals surface area contributed by atoms with Crippen molar-refractivity contribution in [1.29, 1.82) is 0 Å². The second-order valence-electron chi connectivity index (χ2n) is 5.43. The van der Waals surface area contributed by atoms with Crippen molar-refractivity contribution in [3.8, 4) is 0 Å². The molecule has 0 atom stereocenters. The number of halogens is 1. The maximum Gasteiger partial charge on any atom is 0.253 e. The van der Waals surface area contributed by atoms with Gasteiger partial charge in [0.2, 0.25) is 5.91 Å². The number of nitrogens with zero attached hydrogens (tertiary/aromatic N) is 2. The molecule has 1 heterocycles. The Morgan fingerprint density at radius 1 is 1.05 bits per heavy atom. The minimum Gasteiger partial charge on any atom is -0.339 e. The smallest absolute Gasteiger partial charge is 0.253 e. The second-order valence-corrected chi connectivity index (χ2v) is 5.43. The van der Waals surface area contributed by atoms with E-state index in [1.807, 2.05) is 41.0 Å². The summed E-state index contributed by atoms with van der Waals surface area (Å²) in [4.78, 5) is 27.9. The van der Waals surface area contributed by atoms with E-state index in [4.69, 9.17) is 5.73 Å². The molecule has 0 aliphatic carbocycles. The molecule has 1 saturated heterocycles. The summed E-state index contributed by atoms with van der Waals surface area (Å²) < 4.78 is 0. The number of carbonyl (C=O) groups excluding carboxylic acids is 2. The van der Waals surface area contributed by atoms with Crippen molar-refractivity contribution in [2.45, 2.75) is 19.8 Å². The average molecular weight is 326 g/mol. The lowest BCUT2D eigenvalue weighted by Crippen LogP contribution is -2.50. The fourth-order valence-electron chi connectivity index (χ4n) is 2.45. The minimum absolute atomic E-state index is 0. The van der Waals surface area contributed by atoms with Gasteiger partial charge in [-0.2, -0.15) is 0 Å². The summed E-state index contributed by atoms with van der Waals surface area (Å²) in [5.41, 5.74) is 7.27. The first-order valence-electron chi connectivity index (χ1n) is 7.45. The molecule has 2 amide bonds. The maximum absolute atomic E-state index is 12.4. The van der Waals surface area contributed by atoms with Gasteiger partial charge in [0, 0.05) is 38.2 Å². The van der Waals surface area contributed by atoms with Crippen molar-refractivity contribution in [2.24, 2.45) is 5.73 Å². The van der Waals surface area contributed by atoms with Crippen LogP contribution in [0.3, 0.4) is 0 Å². The quantitative estimate of drug-likeness (QED) is 0.911. The van der Waals surface area contributed by atoms with Crippen molar-refractivity contribution in [3.63, 3.8) is 0 Å². The Bertz CT molecular complexity index is 497. The Morgan fingerprint density at radius 2 is 1.59 bits per heavy atom. The largest absolute Gasteiger partial charge is 0.339 e. The van der Waals surface area contributed by atoms with E-state index in [1.165, 1.54) is 0 Å². The molecule has 1 fully saturated rings. The van der Waals surface area contributed by atoms with Crippen molar-refractivity contribution < 1.29 is 9.59 Å². The molecule has 0 unspecified atom stereocenters. The van der Waals surface area contributed by atoms with E-state index in [0.717, 1.165) is 12.0 Å². The molecule has 6 heteroatoms. The van der Waals surface area contributed by atoms with E-state index < -0.39 is 0 Å². The van der Waals surface area contributed by atoms with Crippen LogP contribution in [-0.2, 0) is 4.79 Å². The van der Waals surface area contributed by atoms with Gasteiger partial charge >= 0.3 is 0 Å². The third-order valence-corrected chi connectivity index (χ3v) is 3.81. The van der Waals surface area contributed by atoms with Crippen molar-refractivity contribution in [3.05, 3.63) is 35.4 Å². The molecule has 0 radical (unpaired) electrons. The van der Waals surface area contributed by atoms with Crippen LogP contribution in [0.5, 0.6) is 0 Å². The van der Waals surface area contributed by atoms with Crippen LogP contribution in [0.2, 0.25) is 0 Å². The van der Waals surface area contributed by atoms with Gasteiger partial charge in [0.25, 0.3) is 5.91 Å². The number of nitrogens with two attached hydrogens (primary N) is 1. The first kappa shape index (κ1) is 18.5. The molecule has 0 bridgehead atoms. The van der Waals surface area contributed by atoms with E-state index in [-0.39, 0.29) is 24.2 Å². The Morgan fingerprint density at radius 3 is 2.14 bits per heavy atom. The van der Waals surface area contributed by atoms with Gasteiger partial charge in [0.05, 0.1) is 0 Å². The molecule has 0 spiro atoms. The summed E-state index contributed by atoms with van der Waals surface area (Å²) in [5.74, 6) is 0.187. The molecular formula is C16H24ClN3O2. The number of amides is 2. The monoisotopic (exact) mass is 325 g/mol. The van der Waals surface area contributed by atoms with Gasteiger partial charge in [-0.1, -0.05) is 17.7 Å². The lowest BCUT2D eigenvalue weighted by atomic mass is 10.1. The van der Waals surface area contributed by atoms with Gasteiger partial charge in [-0.25, -0.2) is 0 Å². The molecule has 1 aromatic rings. The van der Waals surface area contributed by atoms with Crippen LogP contribution < -0.4 is 5.73 Å². The van der Waals surface area contributed by atoms with Gasteiger partial charge in [0.15, 0.2) is 0 Å². The number of aryl methyl sites for hydroxylation is 1. The summed E-state index contributed by atoms with van der Waals surface area (Å²) >= 11 is 0. The zero-order valence-corrected chi connectivity index (χ0v) is 13.8. The van der Waals surface area contributed by atoms with Gasteiger partial charge in [-0.05, 0) is 32.0 Å². The standard InChI is InChI=1S/C16H23N3O2.ClH/c1-13-4-6-14(7-5-13)16(21)19-11-9-18(10-12-19)15(20)3-2-8-17;/h4-7H,2-3,8-12,17H2,1H3;1H. The van der Waals surface area contributed by atoms with Crippen molar-refractivity contribution >= 4 is 24.2 Å². The predicted molar refractivity (Wildman–Crippen MR) is 89.2 cm³/mol. The van der Waals surface area contributed by atoms with Crippen LogP contribution in [-0.4, -0.2) is 54.3 Å². The van der Waals surface area contributed by atoms with Crippen LogP contribution in [0.15, 0.2) is 24.3 Å². The van der Waals surface area contributed by atoms with Crippen LogP contribution in [0.1, 0.15) is 28.8 Å². The third kappa shape index (κ3) is 4.71. The number of rotatable bonds is 4. The number of hydrogen-bond acceptors (Lipinski definition) is 3. The molecule has 2 rings (SSSR count). The minimum atomic E-state index is 0.